The number of hydrogen-bond donors (Lipinski definition) is 1. The first-order valence-corrected chi connectivity index (χ1v) is 8.73. The van der Waals surface area contributed by atoms with Gasteiger partial charge in [-0.3, -0.25) is 9.69 Å². The van der Waals surface area contributed by atoms with Crippen LogP contribution in [-0.2, 0) is 9.53 Å². The molecule has 0 bridgehead atoms. The number of nitrogens with one attached hydrogen (secondary N) is 1. The van der Waals surface area contributed by atoms with Gasteiger partial charge in [0.2, 0.25) is 5.91 Å². The maximum Gasteiger partial charge on any atom is 0.325 e. The minimum atomic E-state index is -0.193. The molecule has 1 aliphatic heterocycles. The van der Waals surface area contributed by atoms with Crippen LogP contribution in [0.4, 0.5) is 10.5 Å². The maximum absolute atomic E-state index is 12.6. The average Bonchev–Trinajstić information content (AvgIpc) is 3.01. The summed E-state index contributed by atoms with van der Waals surface area (Å²) in [5.74, 6) is 0.999. The summed E-state index contributed by atoms with van der Waals surface area (Å²) < 4.78 is 15.7. The second kappa shape index (κ2) is 9.86. The van der Waals surface area contributed by atoms with E-state index in [0.717, 1.165) is 6.42 Å². The van der Waals surface area contributed by atoms with E-state index in [2.05, 4.69) is 5.32 Å². The molecule has 1 fully saturated rings. The number of carbonyl (C=O) groups is 2. The fraction of sp³-hybridized carbons (Fsp3) is 0.556. The predicted octanol–water partition coefficient (Wildman–Crippen LogP) is 1.49. The highest BCUT2D eigenvalue weighted by Gasteiger charge is 2.31. The number of anilines is 1. The third-order valence-corrected chi connectivity index (χ3v) is 4.10. The van der Waals surface area contributed by atoms with Gasteiger partial charge in [-0.25, -0.2) is 4.79 Å². The van der Waals surface area contributed by atoms with E-state index in [4.69, 9.17) is 14.2 Å². The normalized spacial score (nSPS) is 13.9. The van der Waals surface area contributed by atoms with Crippen LogP contribution in [0.25, 0.3) is 0 Å². The number of rotatable bonds is 10. The lowest BCUT2D eigenvalue weighted by Gasteiger charge is -2.19. The third-order valence-electron chi connectivity index (χ3n) is 4.10. The van der Waals surface area contributed by atoms with Gasteiger partial charge in [-0.1, -0.05) is 0 Å². The number of hydrogen-bond acceptors (Lipinski definition) is 5. The highest BCUT2D eigenvalue weighted by atomic mass is 16.5. The summed E-state index contributed by atoms with van der Waals surface area (Å²) in [5.41, 5.74) is 0.715. The Kier molecular flexibility index (Phi) is 7.53. The molecule has 8 heteroatoms. The van der Waals surface area contributed by atoms with Gasteiger partial charge in [0.25, 0.3) is 0 Å². The standard InChI is InChI=1S/C18H27N3O5/c1-4-26-11-5-8-19-17(22)13-20-9-10-21(18(20)23)14-6-7-15(24-2)16(12-14)25-3/h6-7,12H,4-5,8-11,13H2,1-3H3,(H,19,22). The molecule has 0 aromatic heterocycles. The summed E-state index contributed by atoms with van der Waals surface area (Å²) in [4.78, 5) is 27.8. The lowest BCUT2D eigenvalue weighted by molar-refractivity contribution is -0.121. The third kappa shape index (κ3) is 5.01. The summed E-state index contributed by atoms with van der Waals surface area (Å²) in [7, 11) is 3.11. The van der Waals surface area contributed by atoms with Gasteiger partial charge in [-0.2, -0.15) is 0 Å². The van der Waals surface area contributed by atoms with E-state index in [-0.39, 0.29) is 18.5 Å². The van der Waals surface area contributed by atoms with Crippen molar-refractivity contribution >= 4 is 17.6 Å². The molecule has 1 heterocycles. The molecule has 0 radical (unpaired) electrons. The Labute approximate surface area is 154 Å². The quantitative estimate of drug-likeness (QED) is 0.636. The zero-order chi connectivity index (χ0) is 18.9. The second-order valence-electron chi connectivity index (χ2n) is 5.80. The summed E-state index contributed by atoms with van der Waals surface area (Å²) in [6.45, 7) is 4.83. The van der Waals surface area contributed by atoms with Crippen molar-refractivity contribution in [3.63, 3.8) is 0 Å². The van der Waals surface area contributed by atoms with Crippen LogP contribution in [-0.4, -0.2) is 70.5 Å². The van der Waals surface area contributed by atoms with Crippen molar-refractivity contribution < 1.29 is 23.8 Å². The van der Waals surface area contributed by atoms with Crippen LogP contribution in [0, 0.1) is 0 Å². The van der Waals surface area contributed by atoms with Gasteiger partial charge in [-0.05, 0) is 25.5 Å². The molecule has 0 spiro atoms. The Morgan fingerprint density at radius 1 is 1.19 bits per heavy atom. The molecule has 1 saturated heterocycles. The van der Waals surface area contributed by atoms with Gasteiger partial charge in [0.15, 0.2) is 11.5 Å². The van der Waals surface area contributed by atoms with Crippen molar-refractivity contribution in [1.82, 2.24) is 10.2 Å². The molecule has 1 aliphatic rings. The molecule has 0 aliphatic carbocycles. The Bertz CT molecular complexity index is 623. The second-order valence-corrected chi connectivity index (χ2v) is 5.80. The van der Waals surface area contributed by atoms with E-state index in [1.54, 1.807) is 37.3 Å². The van der Waals surface area contributed by atoms with Crippen LogP contribution in [0.1, 0.15) is 13.3 Å². The van der Waals surface area contributed by atoms with Crippen LogP contribution in [0.5, 0.6) is 11.5 Å². The monoisotopic (exact) mass is 365 g/mol. The molecule has 1 aromatic rings. The number of urea groups is 1. The van der Waals surface area contributed by atoms with Crippen molar-refractivity contribution in [2.75, 3.05) is 58.5 Å². The molecule has 2 rings (SSSR count). The largest absolute Gasteiger partial charge is 0.493 e. The van der Waals surface area contributed by atoms with Crippen molar-refractivity contribution in [2.45, 2.75) is 13.3 Å². The van der Waals surface area contributed by atoms with Crippen LogP contribution in [0.3, 0.4) is 0 Å². The summed E-state index contributed by atoms with van der Waals surface area (Å²) in [6, 6.07) is 5.13. The first-order chi connectivity index (χ1) is 12.6. The van der Waals surface area contributed by atoms with Crippen molar-refractivity contribution in [3.05, 3.63) is 18.2 Å². The molecule has 1 aromatic carbocycles. The Hall–Kier alpha value is -2.48. The van der Waals surface area contributed by atoms with Gasteiger partial charge in [-0.15, -0.1) is 0 Å². The number of ether oxygens (including phenoxy) is 3. The molecule has 3 amide bonds. The van der Waals surface area contributed by atoms with E-state index in [1.165, 1.54) is 4.90 Å². The molecule has 8 nitrogen and oxygen atoms in total. The molecule has 26 heavy (non-hydrogen) atoms. The smallest absolute Gasteiger partial charge is 0.325 e. The first-order valence-electron chi connectivity index (χ1n) is 8.73. The van der Waals surface area contributed by atoms with E-state index in [9.17, 15) is 9.59 Å². The lowest BCUT2D eigenvalue weighted by Crippen LogP contribution is -2.40. The zero-order valence-corrected chi connectivity index (χ0v) is 15.6. The number of amides is 3. The Morgan fingerprint density at radius 2 is 1.96 bits per heavy atom. The summed E-state index contributed by atoms with van der Waals surface area (Å²) >= 11 is 0. The van der Waals surface area contributed by atoms with Gasteiger partial charge >= 0.3 is 6.03 Å². The van der Waals surface area contributed by atoms with Crippen LogP contribution >= 0.6 is 0 Å². The highest BCUT2D eigenvalue weighted by Crippen LogP contribution is 2.32. The van der Waals surface area contributed by atoms with Gasteiger partial charge in [0.1, 0.15) is 6.54 Å². The highest BCUT2D eigenvalue weighted by molar-refractivity contribution is 5.96. The number of benzene rings is 1. The molecule has 0 saturated carbocycles. The van der Waals surface area contributed by atoms with E-state index >= 15 is 0 Å². The van der Waals surface area contributed by atoms with E-state index in [0.29, 0.717) is 50.0 Å². The van der Waals surface area contributed by atoms with Crippen LogP contribution < -0.4 is 19.7 Å². The van der Waals surface area contributed by atoms with Crippen molar-refractivity contribution in [1.29, 1.82) is 0 Å². The molecular weight excluding hydrogens is 338 g/mol. The summed E-state index contributed by atoms with van der Waals surface area (Å²) in [5, 5.41) is 2.81. The van der Waals surface area contributed by atoms with Gasteiger partial charge < -0.3 is 24.4 Å². The van der Waals surface area contributed by atoms with Gasteiger partial charge in [0, 0.05) is 44.6 Å². The lowest BCUT2D eigenvalue weighted by atomic mass is 10.2. The molecule has 0 unspecified atom stereocenters. The topological polar surface area (TPSA) is 80.3 Å². The zero-order valence-electron chi connectivity index (χ0n) is 15.6. The SMILES string of the molecule is CCOCCCNC(=O)CN1CCN(c2ccc(OC)c(OC)c2)C1=O. The molecular formula is C18H27N3O5. The first kappa shape index (κ1) is 19.8. The fourth-order valence-electron chi connectivity index (χ4n) is 2.74. The van der Waals surface area contributed by atoms with E-state index in [1.807, 2.05) is 6.92 Å². The summed E-state index contributed by atoms with van der Waals surface area (Å²) in [6.07, 6.45) is 0.755. The van der Waals surface area contributed by atoms with Crippen molar-refractivity contribution in [2.24, 2.45) is 0 Å². The van der Waals surface area contributed by atoms with Crippen molar-refractivity contribution in [3.8, 4) is 11.5 Å². The Morgan fingerprint density at radius 3 is 2.65 bits per heavy atom. The average molecular weight is 365 g/mol. The predicted molar refractivity (Wildman–Crippen MR) is 98.0 cm³/mol. The minimum Gasteiger partial charge on any atom is -0.493 e. The molecule has 0 atom stereocenters. The van der Waals surface area contributed by atoms with E-state index < -0.39 is 0 Å². The maximum atomic E-state index is 12.6. The van der Waals surface area contributed by atoms with Crippen LogP contribution in [0.15, 0.2) is 18.2 Å². The van der Waals surface area contributed by atoms with Crippen LogP contribution in [0.2, 0.25) is 0 Å². The Balaban J connectivity index is 1.88. The minimum absolute atomic E-state index is 0.0528. The number of carbonyl (C=O) groups excluding carboxylic acids is 2. The molecule has 1 N–H and O–H groups in total. The number of nitrogens with zero attached hydrogens (tertiary/aromatic N) is 2. The van der Waals surface area contributed by atoms with Gasteiger partial charge in [0.05, 0.1) is 14.2 Å². The fourth-order valence-corrected chi connectivity index (χ4v) is 2.74. The molecule has 144 valence electrons. The number of methoxy groups -OCH3 is 2.